The van der Waals surface area contributed by atoms with E-state index in [1.165, 1.54) is 0 Å². The first-order valence-electron chi connectivity index (χ1n) is 5.46. The molecule has 1 atom stereocenters. The molecule has 15 heavy (non-hydrogen) atoms. The van der Waals surface area contributed by atoms with Gasteiger partial charge in [0, 0.05) is 32.0 Å². The lowest BCUT2D eigenvalue weighted by molar-refractivity contribution is 0.0558. The van der Waals surface area contributed by atoms with Gasteiger partial charge in [0.05, 0.1) is 5.60 Å². The van der Waals surface area contributed by atoms with E-state index in [9.17, 15) is 5.11 Å². The van der Waals surface area contributed by atoms with E-state index in [0.717, 1.165) is 25.3 Å². The van der Waals surface area contributed by atoms with Crippen molar-refractivity contribution in [3.8, 4) is 0 Å². The third-order valence-electron chi connectivity index (χ3n) is 2.72. The van der Waals surface area contributed by atoms with E-state index in [4.69, 9.17) is 0 Å². The van der Waals surface area contributed by atoms with Gasteiger partial charge in [0.2, 0.25) is 0 Å². The largest absolute Gasteiger partial charge is 0.389 e. The van der Waals surface area contributed by atoms with Crippen molar-refractivity contribution in [2.24, 2.45) is 0 Å². The summed E-state index contributed by atoms with van der Waals surface area (Å²) in [5.41, 5.74) is -0.593. The van der Waals surface area contributed by atoms with Crippen LogP contribution in [0.5, 0.6) is 0 Å². The summed E-state index contributed by atoms with van der Waals surface area (Å²) in [5.74, 6) is 1.03. The number of hydrogen-bond donors (Lipinski definition) is 2. The number of rotatable bonds is 6. The first-order chi connectivity index (χ1) is 7.05. The first kappa shape index (κ1) is 12.2. The predicted molar refractivity (Wildman–Crippen MR) is 60.7 cm³/mol. The summed E-state index contributed by atoms with van der Waals surface area (Å²) in [4.78, 5) is 4.15. The zero-order valence-corrected chi connectivity index (χ0v) is 9.82. The molecule has 0 amide bonds. The van der Waals surface area contributed by atoms with E-state index in [-0.39, 0.29) is 0 Å². The Morgan fingerprint density at radius 2 is 2.33 bits per heavy atom. The van der Waals surface area contributed by atoms with Crippen LogP contribution in [0.4, 0.5) is 0 Å². The van der Waals surface area contributed by atoms with Crippen LogP contribution in [0, 0.1) is 6.92 Å². The number of nitrogens with one attached hydrogen (secondary N) is 1. The molecule has 0 aliphatic carbocycles. The minimum atomic E-state index is -0.593. The molecule has 0 radical (unpaired) electrons. The van der Waals surface area contributed by atoms with Crippen LogP contribution in [0.15, 0.2) is 12.4 Å². The second kappa shape index (κ2) is 5.28. The molecule has 4 nitrogen and oxygen atoms in total. The minimum Gasteiger partial charge on any atom is -0.389 e. The monoisotopic (exact) mass is 211 g/mol. The number of nitrogens with zero attached hydrogens (tertiary/aromatic N) is 2. The van der Waals surface area contributed by atoms with Crippen molar-refractivity contribution in [1.82, 2.24) is 14.9 Å². The second-order valence-corrected chi connectivity index (χ2v) is 4.20. The zero-order valence-electron chi connectivity index (χ0n) is 9.82. The van der Waals surface area contributed by atoms with E-state index in [1.807, 2.05) is 27.0 Å². The van der Waals surface area contributed by atoms with E-state index in [2.05, 4.69) is 14.9 Å². The van der Waals surface area contributed by atoms with Crippen LogP contribution in [0.25, 0.3) is 0 Å². The highest BCUT2D eigenvalue weighted by Gasteiger charge is 2.15. The third kappa shape index (κ3) is 4.01. The van der Waals surface area contributed by atoms with Gasteiger partial charge in [-0.15, -0.1) is 0 Å². The smallest absolute Gasteiger partial charge is 0.105 e. The van der Waals surface area contributed by atoms with Gasteiger partial charge in [-0.1, -0.05) is 6.92 Å². The van der Waals surface area contributed by atoms with Crippen molar-refractivity contribution in [3.63, 3.8) is 0 Å². The van der Waals surface area contributed by atoms with Crippen molar-refractivity contribution in [2.75, 3.05) is 13.1 Å². The molecule has 1 rings (SSSR count). The molecule has 0 aromatic carbocycles. The Bertz CT molecular complexity index is 294. The van der Waals surface area contributed by atoms with Gasteiger partial charge < -0.3 is 15.0 Å². The fourth-order valence-electron chi connectivity index (χ4n) is 1.32. The van der Waals surface area contributed by atoms with Crippen LogP contribution in [0.2, 0.25) is 0 Å². The van der Waals surface area contributed by atoms with Gasteiger partial charge in [-0.05, 0) is 20.3 Å². The van der Waals surface area contributed by atoms with Crippen LogP contribution in [0.1, 0.15) is 26.1 Å². The van der Waals surface area contributed by atoms with Crippen molar-refractivity contribution >= 4 is 0 Å². The number of aromatic nitrogens is 2. The number of hydrogen-bond acceptors (Lipinski definition) is 3. The molecule has 1 aromatic heterocycles. The highest BCUT2D eigenvalue weighted by Crippen LogP contribution is 2.05. The molecular formula is C11H21N3O. The molecule has 1 aromatic rings. The van der Waals surface area contributed by atoms with Gasteiger partial charge in [0.15, 0.2) is 0 Å². The predicted octanol–water partition coefficient (Wildman–Crippen LogP) is 0.942. The lowest BCUT2D eigenvalue weighted by Crippen LogP contribution is -2.38. The summed E-state index contributed by atoms with van der Waals surface area (Å²) >= 11 is 0. The standard InChI is InChI=1S/C11H21N3O/c1-4-11(3,15)9-12-5-7-14-8-6-13-10(14)2/h6,8,12,15H,4-5,7,9H2,1-3H3. The molecule has 0 saturated heterocycles. The Hall–Kier alpha value is -0.870. The Morgan fingerprint density at radius 1 is 1.60 bits per heavy atom. The van der Waals surface area contributed by atoms with Gasteiger partial charge in [-0.25, -0.2) is 4.98 Å². The molecule has 1 heterocycles. The lowest BCUT2D eigenvalue weighted by Gasteiger charge is -2.21. The van der Waals surface area contributed by atoms with Gasteiger partial charge in [0.25, 0.3) is 0 Å². The SMILES string of the molecule is CCC(C)(O)CNCCn1ccnc1C. The number of aryl methyl sites for hydroxylation is 1. The highest BCUT2D eigenvalue weighted by atomic mass is 16.3. The molecular weight excluding hydrogens is 190 g/mol. The maximum absolute atomic E-state index is 9.75. The quantitative estimate of drug-likeness (QED) is 0.689. The molecule has 0 spiro atoms. The third-order valence-corrected chi connectivity index (χ3v) is 2.72. The summed E-state index contributed by atoms with van der Waals surface area (Å²) in [7, 11) is 0. The van der Waals surface area contributed by atoms with Crippen molar-refractivity contribution in [1.29, 1.82) is 0 Å². The Labute approximate surface area is 91.3 Å². The zero-order chi connectivity index (χ0) is 11.3. The topological polar surface area (TPSA) is 50.1 Å². The van der Waals surface area contributed by atoms with Crippen molar-refractivity contribution < 1.29 is 5.11 Å². The molecule has 0 saturated carbocycles. The molecule has 86 valence electrons. The van der Waals surface area contributed by atoms with Gasteiger partial charge in [0.1, 0.15) is 5.82 Å². The summed E-state index contributed by atoms with van der Waals surface area (Å²) in [6.07, 6.45) is 4.54. The maximum Gasteiger partial charge on any atom is 0.105 e. The summed E-state index contributed by atoms with van der Waals surface area (Å²) in [6, 6.07) is 0. The number of aliphatic hydroxyl groups is 1. The Balaban J connectivity index is 2.20. The van der Waals surface area contributed by atoms with E-state index >= 15 is 0 Å². The summed E-state index contributed by atoms with van der Waals surface area (Å²) in [6.45, 7) is 8.21. The van der Waals surface area contributed by atoms with E-state index < -0.39 is 5.60 Å². The fourth-order valence-corrected chi connectivity index (χ4v) is 1.32. The minimum absolute atomic E-state index is 0.593. The fraction of sp³-hybridized carbons (Fsp3) is 0.727. The van der Waals surface area contributed by atoms with Gasteiger partial charge >= 0.3 is 0 Å². The highest BCUT2D eigenvalue weighted by molar-refractivity contribution is 4.88. The molecule has 2 N–H and O–H groups in total. The number of imidazole rings is 1. The molecule has 0 aliphatic rings. The van der Waals surface area contributed by atoms with Gasteiger partial charge in [-0.3, -0.25) is 0 Å². The van der Waals surface area contributed by atoms with Crippen LogP contribution in [-0.2, 0) is 6.54 Å². The van der Waals surface area contributed by atoms with Crippen LogP contribution < -0.4 is 5.32 Å². The molecule has 4 heteroatoms. The molecule has 0 aliphatic heterocycles. The van der Waals surface area contributed by atoms with Crippen LogP contribution in [0.3, 0.4) is 0 Å². The first-order valence-corrected chi connectivity index (χ1v) is 5.46. The molecule has 0 bridgehead atoms. The Kier molecular flexibility index (Phi) is 4.29. The van der Waals surface area contributed by atoms with Crippen LogP contribution in [-0.4, -0.2) is 33.3 Å². The summed E-state index contributed by atoms with van der Waals surface area (Å²) < 4.78 is 2.09. The normalized spacial score (nSPS) is 15.2. The average Bonchev–Trinajstić information content (AvgIpc) is 2.59. The van der Waals surface area contributed by atoms with Gasteiger partial charge in [-0.2, -0.15) is 0 Å². The van der Waals surface area contributed by atoms with E-state index in [0.29, 0.717) is 6.54 Å². The average molecular weight is 211 g/mol. The van der Waals surface area contributed by atoms with Crippen molar-refractivity contribution in [2.45, 2.75) is 39.3 Å². The molecule has 1 unspecified atom stereocenters. The van der Waals surface area contributed by atoms with Crippen molar-refractivity contribution in [3.05, 3.63) is 18.2 Å². The second-order valence-electron chi connectivity index (χ2n) is 4.20. The molecule has 0 fully saturated rings. The van der Waals surface area contributed by atoms with Crippen LogP contribution >= 0.6 is 0 Å². The summed E-state index contributed by atoms with van der Waals surface area (Å²) in [5, 5.41) is 13.0. The van der Waals surface area contributed by atoms with E-state index in [1.54, 1.807) is 6.20 Å². The Morgan fingerprint density at radius 3 is 2.87 bits per heavy atom. The maximum atomic E-state index is 9.75. The lowest BCUT2D eigenvalue weighted by atomic mass is 10.0.